The molecule has 1 aromatic heterocycles. The van der Waals surface area contributed by atoms with Crippen LogP contribution < -0.4 is 5.73 Å². The largest absolute Gasteiger partial charge is 0.330 e. The second kappa shape index (κ2) is 5.76. The van der Waals surface area contributed by atoms with Gasteiger partial charge in [0.1, 0.15) is 0 Å². The molecule has 0 aromatic carbocycles. The van der Waals surface area contributed by atoms with Crippen LogP contribution in [0.3, 0.4) is 0 Å². The average Bonchev–Trinajstić information content (AvgIpc) is 2.27. The van der Waals surface area contributed by atoms with Gasteiger partial charge in [-0.3, -0.25) is 4.98 Å². The van der Waals surface area contributed by atoms with Gasteiger partial charge in [0, 0.05) is 18.3 Å². The van der Waals surface area contributed by atoms with Gasteiger partial charge in [0.05, 0.1) is 0 Å². The smallest absolute Gasteiger partial charge is 0.0303 e. The van der Waals surface area contributed by atoms with Gasteiger partial charge in [0.15, 0.2) is 0 Å². The maximum Gasteiger partial charge on any atom is 0.0303 e. The normalized spacial score (nSPS) is 13.1. The van der Waals surface area contributed by atoms with Crippen molar-refractivity contribution in [2.75, 3.05) is 6.54 Å². The average molecular weight is 192 g/mol. The summed E-state index contributed by atoms with van der Waals surface area (Å²) in [5.41, 5.74) is 7.11. The molecule has 0 bridgehead atoms. The molecule has 2 N–H and O–H groups in total. The SMILES string of the molecule is CCC(CC)C(CN)c1cccnc1. The van der Waals surface area contributed by atoms with Crippen molar-refractivity contribution >= 4 is 0 Å². The van der Waals surface area contributed by atoms with Crippen LogP contribution >= 0.6 is 0 Å². The van der Waals surface area contributed by atoms with E-state index < -0.39 is 0 Å². The van der Waals surface area contributed by atoms with Crippen molar-refractivity contribution in [3.8, 4) is 0 Å². The molecule has 0 aliphatic carbocycles. The van der Waals surface area contributed by atoms with Gasteiger partial charge < -0.3 is 5.73 Å². The van der Waals surface area contributed by atoms with Crippen LogP contribution in [-0.2, 0) is 0 Å². The maximum atomic E-state index is 5.83. The first kappa shape index (κ1) is 11.2. The number of nitrogens with zero attached hydrogens (tertiary/aromatic N) is 1. The minimum Gasteiger partial charge on any atom is -0.330 e. The summed E-state index contributed by atoms with van der Waals surface area (Å²) in [5.74, 6) is 1.16. The van der Waals surface area contributed by atoms with Crippen LogP contribution in [0.2, 0.25) is 0 Å². The van der Waals surface area contributed by atoms with Gasteiger partial charge in [-0.05, 0) is 24.1 Å². The molecular formula is C12H20N2. The molecule has 1 atom stereocenters. The Balaban J connectivity index is 2.81. The molecule has 1 rings (SSSR count). The van der Waals surface area contributed by atoms with E-state index in [-0.39, 0.29) is 0 Å². The van der Waals surface area contributed by atoms with Crippen molar-refractivity contribution in [1.29, 1.82) is 0 Å². The molecule has 0 fully saturated rings. The van der Waals surface area contributed by atoms with E-state index in [9.17, 15) is 0 Å². The van der Waals surface area contributed by atoms with Gasteiger partial charge in [-0.15, -0.1) is 0 Å². The summed E-state index contributed by atoms with van der Waals surface area (Å²) < 4.78 is 0. The number of nitrogens with two attached hydrogens (primary N) is 1. The Morgan fingerprint density at radius 3 is 2.50 bits per heavy atom. The Kier molecular flexibility index (Phi) is 4.60. The Hall–Kier alpha value is -0.890. The first-order valence-corrected chi connectivity index (χ1v) is 5.43. The van der Waals surface area contributed by atoms with Crippen molar-refractivity contribution in [1.82, 2.24) is 4.98 Å². The minimum atomic E-state index is 0.471. The highest BCUT2D eigenvalue weighted by atomic mass is 14.6. The van der Waals surface area contributed by atoms with E-state index in [4.69, 9.17) is 5.73 Å². The summed E-state index contributed by atoms with van der Waals surface area (Å²) in [7, 11) is 0. The minimum absolute atomic E-state index is 0.471. The number of hydrogen-bond acceptors (Lipinski definition) is 2. The molecule has 1 aromatic rings. The van der Waals surface area contributed by atoms with E-state index in [1.807, 2.05) is 18.5 Å². The fraction of sp³-hybridized carbons (Fsp3) is 0.583. The van der Waals surface area contributed by atoms with Crippen LogP contribution in [0.25, 0.3) is 0 Å². The molecule has 2 nitrogen and oxygen atoms in total. The Morgan fingerprint density at radius 2 is 2.07 bits per heavy atom. The number of hydrogen-bond donors (Lipinski definition) is 1. The molecule has 14 heavy (non-hydrogen) atoms. The first-order chi connectivity index (χ1) is 6.83. The highest BCUT2D eigenvalue weighted by Crippen LogP contribution is 2.27. The van der Waals surface area contributed by atoms with Crippen LogP contribution in [0, 0.1) is 5.92 Å². The Labute approximate surface area is 86.5 Å². The highest BCUT2D eigenvalue weighted by Gasteiger charge is 2.18. The van der Waals surface area contributed by atoms with Crippen LogP contribution in [-0.4, -0.2) is 11.5 Å². The number of rotatable bonds is 5. The van der Waals surface area contributed by atoms with Crippen molar-refractivity contribution in [3.63, 3.8) is 0 Å². The second-order valence-corrected chi connectivity index (χ2v) is 3.71. The van der Waals surface area contributed by atoms with Crippen LogP contribution in [0.5, 0.6) is 0 Å². The third-order valence-electron chi connectivity index (χ3n) is 2.98. The molecule has 0 saturated carbocycles. The van der Waals surface area contributed by atoms with Crippen LogP contribution in [0.15, 0.2) is 24.5 Å². The predicted octanol–water partition coefficient (Wildman–Crippen LogP) is 2.56. The standard InChI is InChI=1S/C12H20N2/c1-3-10(4-2)12(8-13)11-6-5-7-14-9-11/h5-7,9-10,12H,3-4,8,13H2,1-2H3. The van der Waals surface area contributed by atoms with E-state index in [2.05, 4.69) is 24.9 Å². The molecule has 78 valence electrons. The monoisotopic (exact) mass is 192 g/mol. The van der Waals surface area contributed by atoms with Gasteiger partial charge >= 0.3 is 0 Å². The lowest BCUT2D eigenvalue weighted by atomic mass is 9.83. The summed E-state index contributed by atoms with van der Waals surface area (Å²) in [6.45, 7) is 5.18. The summed E-state index contributed by atoms with van der Waals surface area (Å²) in [4.78, 5) is 4.15. The number of pyridine rings is 1. The summed E-state index contributed by atoms with van der Waals surface area (Å²) >= 11 is 0. The zero-order valence-corrected chi connectivity index (χ0v) is 9.11. The molecule has 2 heteroatoms. The molecule has 0 amide bonds. The zero-order chi connectivity index (χ0) is 10.4. The predicted molar refractivity (Wildman–Crippen MR) is 60.1 cm³/mol. The molecule has 0 radical (unpaired) electrons. The highest BCUT2D eigenvalue weighted by molar-refractivity contribution is 5.16. The Morgan fingerprint density at radius 1 is 1.36 bits per heavy atom. The Bertz CT molecular complexity index is 242. The van der Waals surface area contributed by atoms with Gasteiger partial charge in [0.2, 0.25) is 0 Å². The van der Waals surface area contributed by atoms with Crippen molar-refractivity contribution < 1.29 is 0 Å². The molecule has 0 saturated heterocycles. The third-order valence-corrected chi connectivity index (χ3v) is 2.98. The lowest BCUT2D eigenvalue weighted by Gasteiger charge is -2.23. The molecular weight excluding hydrogens is 172 g/mol. The van der Waals surface area contributed by atoms with Crippen molar-refractivity contribution in [2.45, 2.75) is 32.6 Å². The fourth-order valence-corrected chi connectivity index (χ4v) is 2.05. The van der Waals surface area contributed by atoms with Gasteiger partial charge in [-0.25, -0.2) is 0 Å². The lowest BCUT2D eigenvalue weighted by molar-refractivity contribution is 0.402. The maximum absolute atomic E-state index is 5.83. The van der Waals surface area contributed by atoms with Crippen molar-refractivity contribution in [3.05, 3.63) is 30.1 Å². The third kappa shape index (κ3) is 2.55. The zero-order valence-electron chi connectivity index (χ0n) is 9.11. The van der Waals surface area contributed by atoms with E-state index in [1.165, 1.54) is 18.4 Å². The van der Waals surface area contributed by atoms with Crippen LogP contribution in [0.1, 0.15) is 38.2 Å². The summed E-state index contributed by atoms with van der Waals surface area (Å²) in [6, 6.07) is 4.11. The topological polar surface area (TPSA) is 38.9 Å². The fourth-order valence-electron chi connectivity index (χ4n) is 2.05. The van der Waals surface area contributed by atoms with Gasteiger partial charge in [0.25, 0.3) is 0 Å². The second-order valence-electron chi connectivity index (χ2n) is 3.71. The lowest BCUT2D eigenvalue weighted by Crippen LogP contribution is -2.20. The number of aromatic nitrogens is 1. The van der Waals surface area contributed by atoms with Gasteiger partial charge in [-0.2, -0.15) is 0 Å². The van der Waals surface area contributed by atoms with Crippen LogP contribution in [0.4, 0.5) is 0 Å². The van der Waals surface area contributed by atoms with Gasteiger partial charge in [-0.1, -0.05) is 32.8 Å². The molecule has 0 aliphatic heterocycles. The summed E-state index contributed by atoms with van der Waals surface area (Å²) in [5, 5.41) is 0. The molecule has 1 heterocycles. The first-order valence-electron chi connectivity index (χ1n) is 5.43. The van der Waals surface area contributed by atoms with E-state index in [1.54, 1.807) is 0 Å². The molecule has 1 unspecified atom stereocenters. The van der Waals surface area contributed by atoms with E-state index in [0.717, 1.165) is 6.54 Å². The van der Waals surface area contributed by atoms with Crippen molar-refractivity contribution in [2.24, 2.45) is 11.7 Å². The van der Waals surface area contributed by atoms with E-state index >= 15 is 0 Å². The molecule has 0 aliphatic rings. The summed E-state index contributed by atoms with van der Waals surface area (Å²) in [6.07, 6.45) is 6.13. The quantitative estimate of drug-likeness (QED) is 0.778. The van der Waals surface area contributed by atoms with E-state index in [0.29, 0.717) is 11.8 Å². The molecule has 0 spiro atoms.